The Hall–Kier alpha value is -0.520. The molecule has 0 aliphatic carbocycles. The predicted molar refractivity (Wildman–Crippen MR) is 78.2 cm³/mol. The summed E-state index contributed by atoms with van der Waals surface area (Å²) < 4.78 is 10.2. The van der Waals surface area contributed by atoms with Crippen LogP contribution in [0.4, 0.5) is 0 Å². The van der Waals surface area contributed by atoms with Crippen molar-refractivity contribution in [2.45, 2.75) is 71.1 Å². The monoisotopic (exact) mass is 283 g/mol. The van der Waals surface area contributed by atoms with E-state index in [4.69, 9.17) is 10.5 Å². The van der Waals surface area contributed by atoms with Gasteiger partial charge < -0.3 is 10.5 Å². The fourth-order valence-electron chi connectivity index (χ4n) is 3.23. The van der Waals surface area contributed by atoms with Gasteiger partial charge in [0, 0.05) is 12.0 Å². The maximum atomic E-state index is 6.52. The normalized spacial score (nSPS) is 26.5. The van der Waals surface area contributed by atoms with Crippen LogP contribution in [0.15, 0.2) is 0 Å². The van der Waals surface area contributed by atoms with E-state index in [1.165, 1.54) is 11.5 Å². The molecule has 0 amide bonds. The zero-order valence-electron chi connectivity index (χ0n) is 12.6. The van der Waals surface area contributed by atoms with Gasteiger partial charge in [-0.3, -0.25) is 0 Å². The minimum Gasteiger partial charge on any atom is -0.369 e. The predicted octanol–water partition coefficient (Wildman–Crippen LogP) is 3.08. The lowest BCUT2D eigenvalue weighted by molar-refractivity contribution is -0.0766. The maximum absolute atomic E-state index is 6.52. The van der Waals surface area contributed by atoms with E-state index >= 15 is 0 Å². The van der Waals surface area contributed by atoms with Crippen LogP contribution in [0.25, 0.3) is 0 Å². The SMILES string of the molecule is CCCc1nnsc1C(N)C1CC(C)(C)OC1(C)C. The van der Waals surface area contributed by atoms with Crippen LogP contribution in [-0.2, 0) is 11.2 Å². The van der Waals surface area contributed by atoms with Crippen LogP contribution in [0.5, 0.6) is 0 Å². The Labute approximate surface area is 119 Å². The second-order valence-corrected chi connectivity index (χ2v) is 7.42. The van der Waals surface area contributed by atoms with Crippen molar-refractivity contribution in [3.05, 3.63) is 10.6 Å². The molecule has 1 saturated heterocycles. The lowest BCUT2D eigenvalue weighted by atomic mass is 9.81. The highest BCUT2D eigenvalue weighted by Gasteiger charge is 2.49. The maximum Gasteiger partial charge on any atom is 0.0803 e. The van der Waals surface area contributed by atoms with Gasteiger partial charge in [-0.2, -0.15) is 0 Å². The Kier molecular flexibility index (Phi) is 4.00. The summed E-state index contributed by atoms with van der Waals surface area (Å²) >= 11 is 1.44. The smallest absolute Gasteiger partial charge is 0.0803 e. The average molecular weight is 283 g/mol. The molecular weight excluding hydrogens is 258 g/mol. The molecule has 2 heterocycles. The third-order valence-corrected chi connectivity index (χ3v) is 4.82. The lowest BCUT2D eigenvalue weighted by Gasteiger charge is -2.30. The molecule has 2 rings (SSSR count). The van der Waals surface area contributed by atoms with Crippen molar-refractivity contribution in [1.82, 2.24) is 9.59 Å². The quantitative estimate of drug-likeness (QED) is 0.922. The molecule has 1 aliphatic heterocycles. The Morgan fingerprint density at radius 2 is 2.11 bits per heavy atom. The van der Waals surface area contributed by atoms with Gasteiger partial charge in [-0.05, 0) is 52.1 Å². The summed E-state index contributed by atoms with van der Waals surface area (Å²) in [6, 6.07) is -0.0293. The summed E-state index contributed by atoms with van der Waals surface area (Å²) in [4.78, 5) is 1.14. The molecule has 108 valence electrons. The second kappa shape index (κ2) is 5.11. The number of aryl methyl sites for hydroxylation is 1. The standard InChI is InChI=1S/C14H25N3OS/c1-6-7-10-12(19-17-16-10)11(15)9-8-13(2,3)18-14(9,4)5/h9,11H,6-8,15H2,1-5H3. The van der Waals surface area contributed by atoms with Gasteiger partial charge in [0.25, 0.3) is 0 Å². The first-order valence-electron chi connectivity index (χ1n) is 7.04. The largest absolute Gasteiger partial charge is 0.369 e. The molecule has 2 unspecified atom stereocenters. The molecule has 0 spiro atoms. The second-order valence-electron chi connectivity index (χ2n) is 6.64. The van der Waals surface area contributed by atoms with E-state index in [0.29, 0.717) is 5.92 Å². The van der Waals surface area contributed by atoms with Crippen molar-refractivity contribution < 1.29 is 4.74 Å². The zero-order valence-corrected chi connectivity index (χ0v) is 13.4. The summed E-state index contributed by atoms with van der Waals surface area (Å²) in [6.45, 7) is 10.7. The summed E-state index contributed by atoms with van der Waals surface area (Å²) in [7, 11) is 0. The molecule has 0 radical (unpaired) electrons. The van der Waals surface area contributed by atoms with Gasteiger partial charge in [-0.15, -0.1) is 5.10 Å². The van der Waals surface area contributed by atoms with Crippen LogP contribution < -0.4 is 5.73 Å². The minimum atomic E-state index is -0.198. The van der Waals surface area contributed by atoms with Crippen molar-refractivity contribution in [3.8, 4) is 0 Å². The summed E-state index contributed by atoms with van der Waals surface area (Å²) in [6.07, 6.45) is 3.00. The molecule has 0 bridgehead atoms. The van der Waals surface area contributed by atoms with Gasteiger partial charge in [-0.25, -0.2) is 0 Å². The van der Waals surface area contributed by atoms with E-state index in [-0.39, 0.29) is 17.2 Å². The molecule has 1 fully saturated rings. The first kappa shape index (κ1) is 14.9. The highest BCUT2D eigenvalue weighted by atomic mass is 32.1. The van der Waals surface area contributed by atoms with E-state index in [1.54, 1.807) is 0 Å². The molecule has 4 nitrogen and oxygen atoms in total. The number of hydrogen-bond acceptors (Lipinski definition) is 5. The number of aromatic nitrogens is 2. The molecular formula is C14H25N3OS. The molecule has 2 atom stereocenters. The number of hydrogen-bond donors (Lipinski definition) is 1. The van der Waals surface area contributed by atoms with E-state index in [2.05, 4.69) is 44.2 Å². The first-order chi connectivity index (χ1) is 8.77. The lowest BCUT2D eigenvalue weighted by Crippen LogP contribution is -2.35. The number of nitrogens with zero attached hydrogens (tertiary/aromatic N) is 2. The van der Waals surface area contributed by atoms with Gasteiger partial charge >= 0.3 is 0 Å². The molecule has 1 aromatic rings. The van der Waals surface area contributed by atoms with Crippen LogP contribution in [0, 0.1) is 5.92 Å². The van der Waals surface area contributed by atoms with Gasteiger partial charge in [0.1, 0.15) is 0 Å². The highest BCUT2D eigenvalue weighted by molar-refractivity contribution is 7.05. The van der Waals surface area contributed by atoms with Crippen LogP contribution in [-0.4, -0.2) is 20.8 Å². The van der Waals surface area contributed by atoms with Crippen molar-refractivity contribution >= 4 is 11.5 Å². The van der Waals surface area contributed by atoms with Gasteiger partial charge in [0.15, 0.2) is 0 Å². The third-order valence-electron chi connectivity index (χ3n) is 3.95. The van der Waals surface area contributed by atoms with Gasteiger partial charge in [0.2, 0.25) is 0 Å². The van der Waals surface area contributed by atoms with Crippen molar-refractivity contribution in [3.63, 3.8) is 0 Å². The average Bonchev–Trinajstić information content (AvgIpc) is 2.80. The highest BCUT2D eigenvalue weighted by Crippen LogP contribution is 2.47. The van der Waals surface area contributed by atoms with E-state index in [0.717, 1.165) is 29.8 Å². The topological polar surface area (TPSA) is 61.0 Å². The Bertz CT molecular complexity index is 442. The third kappa shape index (κ3) is 2.98. The first-order valence-corrected chi connectivity index (χ1v) is 7.81. The Balaban J connectivity index is 2.24. The number of nitrogens with two attached hydrogens (primary N) is 1. The molecule has 19 heavy (non-hydrogen) atoms. The number of rotatable bonds is 4. The van der Waals surface area contributed by atoms with E-state index in [9.17, 15) is 0 Å². The molecule has 0 aromatic carbocycles. The van der Waals surface area contributed by atoms with Crippen molar-refractivity contribution in [2.75, 3.05) is 0 Å². The summed E-state index contributed by atoms with van der Waals surface area (Å²) in [5, 5.41) is 4.23. The fraction of sp³-hybridized carbons (Fsp3) is 0.857. The van der Waals surface area contributed by atoms with Crippen molar-refractivity contribution in [2.24, 2.45) is 11.7 Å². The fourth-order valence-corrected chi connectivity index (χ4v) is 3.99. The van der Waals surface area contributed by atoms with Gasteiger partial charge in [0.05, 0.1) is 21.8 Å². The van der Waals surface area contributed by atoms with Crippen LogP contribution in [0.3, 0.4) is 0 Å². The van der Waals surface area contributed by atoms with E-state index < -0.39 is 0 Å². The van der Waals surface area contributed by atoms with E-state index in [1.807, 2.05) is 0 Å². The molecule has 0 saturated carbocycles. The van der Waals surface area contributed by atoms with Crippen LogP contribution >= 0.6 is 11.5 Å². The Morgan fingerprint density at radius 3 is 2.63 bits per heavy atom. The molecule has 5 heteroatoms. The molecule has 1 aromatic heterocycles. The molecule has 1 aliphatic rings. The van der Waals surface area contributed by atoms with Crippen molar-refractivity contribution in [1.29, 1.82) is 0 Å². The Morgan fingerprint density at radius 1 is 1.42 bits per heavy atom. The zero-order chi connectivity index (χ0) is 14.3. The van der Waals surface area contributed by atoms with Gasteiger partial charge in [-0.1, -0.05) is 17.8 Å². The number of ether oxygens (including phenoxy) is 1. The van der Waals surface area contributed by atoms with Crippen LogP contribution in [0.2, 0.25) is 0 Å². The summed E-state index contributed by atoms with van der Waals surface area (Å²) in [5.41, 5.74) is 7.29. The molecule has 2 N–H and O–H groups in total. The summed E-state index contributed by atoms with van der Waals surface area (Å²) in [5.74, 6) is 0.306. The van der Waals surface area contributed by atoms with Crippen LogP contribution in [0.1, 0.15) is 64.1 Å². The minimum absolute atomic E-state index is 0.0293.